The van der Waals surface area contributed by atoms with E-state index in [-0.39, 0.29) is 23.4 Å². The van der Waals surface area contributed by atoms with Crippen LogP contribution in [0.5, 0.6) is 0 Å². The van der Waals surface area contributed by atoms with Crippen LogP contribution in [0.15, 0.2) is 0 Å². The van der Waals surface area contributed by atoms with Crippen molar-refractivity contribution >= 4 is 5.84 Å². The summed E-state index contributed by atoms with van der Waals surface area (Å²) in [6, 6.07) is 0.254. The van der Waals surface area contributed by atoms with Crippen molar-refractivity contribution in [3.05, 3.63) is 0 Å². The maximum Gasteiger partial charge on any atom is 0.0920 e. The van der Waals surface area contributed by atoms with Crippen molar-refractivity contribution in [3.63, 3.8) is 0 Å². The average molecular weight is 199 g/mol. The van der Waals surface area contributed by atoms with E-state index in [2.05, 4.69) is 25.7 Å². The van der Waals surface area contributed by atoms with Crippen LogP contribution in [0, 0.1) is 10.8 Å². The fourth-order valence-corrected chi connectivity index (χ4v) is 1.95. The van der Waals surface area contributed by atoms with Gasteiger partial charge in [-0.05, 0) is 6.92 Å². The van der Waals surface area contributed by atoms with Gasteiger partial charge in [-0.25, -0.2) is 0 Å². The molecule has 0 radical (unpaired) electrons. The average Bonchev–Trinajstić information content (AvgIpc) is 2.25. The van der Waals surface area contributed by atoms with Gasteiger partial charge >= 0.3 is 0 Å². The van der Waals surface area contributed by atoms with Crippen LogP contribution in [-0.4, -0.2) is 41.1 Å². The first-order valence-electron chi connectivity index (χ1n) is 5.08. The van der Waals surface area contributed by atoms with Gasteiger partial charge in [0.05, 0.1) is 11.9 Å². The number of aliphatic hydroxyl groups excluding tert-OH is 1. The van der Waals surface area contributed by atoms with Crippen molar-refractivity contribution in [1.29, 1.82) is 5.41 Å². The van der Waals surface area contributed by atoms with Crippen molar-refractivity contribution in [1.82, 2.24) is 4.90 Å². The molecular formula is C10H21N3O. The molecule has 2 atom stereocenters. The Balaban J connectivity index is 2.53. The molecule has 0 bridgehead atoms. The van der Waals surface area contributed by atoms with Crippen LogP contribution in [0.25, 0.3) is 0 Å². The number of hydrogen-bond acceptors (Lipinski definition) is 3. The molecule has 1 saturated heterocycles. The van der Waals surface area contributed by atoms with Gasteiger partial charge in [0, 0.05) is 31.0 Å². The van der Waals surface area contributed by atoms with Crippen LogP contribution < -0.4 is 5.73 Å². The van der Waals surface area contributed by atoms with Crippen LogP contribution in [0.4, 0.5) is 0 Å². The smallest absolute Gasteiger partial charge is 0.0920 e. The summed E-state index contributed by atoms with van der Waals surface area (Å²) in [4.78, 5) is 2.20. The van der Waals surface area contributed by atoms with Gasteiger partial charge in [-0.2, -0.15) is 0 Å². The van der Waals surface area contributed by atoms with Crippen molar-refractivity contribution in [2.75, 3.05) is 13.1 Å². The number of nitrogens with one attached hydrogen (secondary N) is 1. The highest BCUT2D eigenvalue weighted by molar-refractivity contribution is 5.77. The number of likely N-dealkylation sites (tertiary alicyclic amines) is 1. The molecule has 4 N–H and O–H groups in total. The highest BCUT2D eigenvalue weighted by atomic mass is 16.3. The normalized spacial score (nSPS) is 29.0. The van der Waals surface area contributed by atoms with Crippen molar-refractivity contribution in [2.45, 2.75) is 39.3 Å². The van der Waals surface area contributed by atoms with Crippen LogP contribution in [0.3, 0.4) is 0 Å². The SMILES string of the molecule is CC(CC(=N)N)N1CC(O)C(C)(C)C1. The summed E-state index contributed by atoms with van der Waals surface area (Å²) < 4.78 is 0. The van der Waals surface area contributed by atoms with Crippen molar-refractivity contribution in [3.8, 4) is 0 Å². The third-order valence-electron chi connectivity index (χ3n) is 3.06. The molecule has 2 unspecified atom stereocenters. The van der Waals surface area contributed by atoms with E-state index in [9.17, 15) is 5.11 Å². The van der Waals surface area contributed by atoms with Crippen molar-refractivity contribution < 1.29 is 5.11 Å². The molecule has 1 aliphatic heterocycles. The Labute approximate surface area is 85.6 Å². The molecule has 0 spiro atoms. The number of hydrogen-bond donors (Lipinski definition) is 3. The molecule has 0 amide bonds. The van der Waals surface area contributed by atoms with E-state index in [0.717, 1.165) is 6.54 Å². The zero-order chi connectivity index (χ0) is 10.9. The molecule has 1 aliphatic rings. The lowest BCUT2D eigenvalue weighted by atomic mass is 9.90. The molecule has 4 nitrogen and oxygen atoms in total. The maximum absolute atomic E-state index is 9.78. The molecule has 1 heterocycles. The van der Waals surface area contributed by atoms with E-state index < -0.39 is 0 Å². The molecule has 0 saturated carbocycles. The predicted molar refractivity (Wildman–Crippen MR) is 57.4 cm³/mol. The van der Waals surface area contributed by atoms with E-state index in [1.165, 1.54) is 0 Å². The summed E-state index contributed by atoms with van der Waals surface area (Å²) in [5, 5.41) is 17.0. The quantitative estimate of drug-likeness (QED) is 0.455. The summed E-state index contributed by atoms with van der Waals surface area (Å²) in [5.41, 5.74) is 5.32. The lowest BCUT2D eigenvalue weighted by Gasteiger charge is -2.25. The lowest BCUT2D eigenvalue weighted by Crippen LogP contribution is -2.35. The third-order valence-corrected chi connectivity index (χ3v) is 3.06. The topological polar surface area (TPSA) is 73.3 Å². The molecule has 4 heteroatoms. The van der Waals surface area contributed by atoms with E-state index >= 15 is 0 Å². The van der Waals surface area contributed by atoms with Gasteiger partial charge in [-0.15, -0.1) is 0 Å². The van der Waals surface area contributed by atoms with Gasteiger partial charge in [0.1, 0.15) is 0 Å². The summed E-state index contributed by atoms with van der Waals surface area (Å²) >= 11 is 0. The van der Waals surface area contributed by atoms with Gasteiger partial charge in [0.2, 0.25) is 0 Å². The van der Waals surface area contributed by atoms with E-state index in [1.54, 1.807) is 0 Å². The van der Waals surface area contributed by atoms with Crippen LogP contribution in [0.2, 0.25) is 0 Å². The molecule has 14 heavy (non-hydrogen) atoms. The molecule has 0 aromatic heterocycles. The monoisotopic (exact) mass is 199 g/mol. The molecule has 0 aliphatic carbocycles. The Kier molecular flexibility index (Phi) is 3.17. The molecule has 82 valence electrons. The molecule has 0 aromatic carbocycles. The second kappa shape index (κ2) is 3.87. The standard InChI is InChI=1S/C10H21N3O/c1-7(4-9(11)12)13-5-8(14)10(2,3)6-13/h7-8,14H,4-6H2,1-3H3,(H3,11,12). The number of β-amino-alcohol motifs (C(OH)–C–C–N with tert-alkyl or cyclic N) is 1. The van der Waals surface area contributed by atoms with Gasteiger partial charge in [0.15, 0.2) is 0 Å². The Hall–Kier alpha value is -0.610. The summed E-state index contributed by atoms with van der Waals surface area (Å²) in [6.07, 6.45) is 0.319. The number of nitrogens with two attached hydrogens (primary N) is 1. The fourth-order valence-electron chi connectivity index (χ4n) is 1.95. The second-order valence-electron chi connectivity index (χ2n) is 5.01. The van der Waals surface area contributed by atoms with Gasteiger partial charge < -0.3 is 10.8 Å². The predicted octanol–water partition coefficient (Wildman–Crippen LogP) is 0.404. The lowest BCUT2D eigenvalue weighted by molar-refractivity contribution is 0.0951. The minimum Gasteiger partial charge on any atom is -0.391 e. The van der Waals surface area contributed by atoms with E-state index in [0.29, 0.717) is 13.0 Å². The Bertz CT molecular complexity index is 227. The van der Waals surface area contributed by atoms with Gasteiger partial charge in [0.25, 0.3) is 0 Å². The minimum absolute atomic E-state index is 0.0367. The second-order valence-corrected chi connectivity index (χ2v) is 5.01. The summed E-state index contributed by atoms with van der Waals surface area (Å²) in [7, 11) is 0. The third kappa shape index (κ3) is 2.45. The van der Waals surface area contributed by atoms with E-state index in [4.69, 9.17) is 11.1 Å². The van der Waals surface area contributed by atoms with Crippen molar-refractivity contribution in [2.24, 2.45) is 11.1 Å². The fraction of sp³-hybridized carbons (Fsp3) is 0.900. The zero-order valence-electron chi connectivity index (χ0n) is 9.25. The Morgan fingerprint density at radius 3 is 2.64 bits per heavy atom. The number of amidine groups is 1. The van der Waals surface area contributed by atoms with Gasteiger partial charge in [-0.3, -0.25) is 10.3 Å². The highest BCUT2D eigenvalue weighted by Crippen LogP contribution is 2.31. The maximum atomic E-state index is 9.78. The first-order valence-corrected chi connectivity index (χ1v) is 5.08. The number of aliphatic hydroxyl groups is 1. The van der Waals surface area contributed by atoms with Crippen LogP contribution in [0.1, 0.15) is 27.2 Å². The number of nitrogens with zero attached hydrogens (tertiary/aromatic N) is 1. The highest BCUT2D eigenvalue weighted by Gasteiger charge is 2.39. The molecule has 0 aromatic rings. The summed E-state index contributed by atoms with van der Waals surface area (Å²) in [6.45, 7) is 7.76. The first kappa shape index (κ1) is 11.5. The molecular weight excluding hydrogens is 178 g/mol. The Morgan fingerprint density at radius 2 is 2.29 bits per heavy atom. The number of rotatable bonds is 3. The molecule has 1 rings (SSSR count). The zero-order valence-corrected chi connectivity index (χ0v) is 9.25. The Morgan fingerprint density at radius 1 is 1.71 bits per heavy atom. The minimum atomic E-state index is -0.267. The first-order chi connectivity index (χ1) is 6.33. The van der Waals surface area contributed by atoms with Gasteiger partial charge in [-0.1, -0.05) is 13.8 Å². The summed E-state index contributed by atoms with van der Waals surface area (Å²) in [5.74, 6) is 0.219. The van der Waals surface area contributed by atoms with E-state index in [1.807, 2.05) is 0 Å². The van der Waals surface area contributed by atoms with Crippen LogP contribution >= 0.6 is 0 Å². The molecule has 1 fully saturated rings. The largest absolute Gasteiger partial charge is 0.391 e. The van der Waals surface area contributed by atoms with Crippen LogP contribution in [-0.2, 0) is 0 Å².